The number of benzene rings is 1. The number of fused-ring (bicyclic) bond motifs is 1. The molecule has 5 rings (SSSR count). The molecule has 2 unspecified atom stereocenters. The van der Waals surface area contributed by atoms with Gasteiger partial charge < -0.3 is 19.1 Å². The molecule has 2 aromatic heterocycles. The number of hydrogen-bond acceptors (Lipinski definition) is 6. The van der Waals surface area contributed by atoms with E-state index in [4.69, 9.17) is 14.0 Å². The van der Waals surface area contributed by atoms with Gasteiger partial charge in [0.05, 0.1) is 11.7 Å². The summed E-state index contributed by atoms with van der Waals surface area (Å²) >= 11 is 0. The Labute approximate surface area is 177 Å². The van der Waals surface area contributed by atoms with E-state index in [9.17, 15) is 14.7 Å². The third-order valence-corrected chi connectivity index (χ3v) is 6.62. The van der Waals surface area contributed by atoms with Crippen LogP contribution in [0.25, 0.3) is 10.9 Å². The standard InChI is InChI=1S/C22H25N3O6/c1-21(2)10-13(6-7-30-21)12-4-5-15-14(8-12)9-16(18(26)27)25(15)22(11-17(22)29-3)19-23-20(28)31-24-19/h4-5,8-9,13,17H,6-7,10-11H2,1-3H3,(H,26,27)(H,23,24,28)/t13-,17?,22?/m0/s1. The average Bonchev–Trinajstić information content (AvgIpc) is 3.07. The highest BCUT2D eigenvalue weighted by Crippen LogP contribution is 2.52. The fourth-order valence-corrected chi connectivity index (χ4v) is 5.10. The zero-order chi connectivity index (χ0) is 22.0. The second-order valence-corrected chi connectivity index (χ2v) is 9.08. The van der Waals surface area contributed by atoms with E-state index in [1.165, 1.54) is 5.56 Å². The summed E-state index contributed by atoms with van der Waals surface area (Å²) in [4.78, 5) is 26.4. The molecule has 1 saturated carbocycles. The number of nitrogens with one attached hydrogen (secondary N) is 1. The molecular formula is C22H25N3O6. The number of rotatable bonds is 5. The topological polar surface area (TPSA) is 120 Å². The second-order valence-electron chi connectivity index (χ2n) is 9.08. The Morgan fingerprint density at radius 2 is 2.13 bits per heavy atom. The largest absolute Gasteiger partial charge is 0.477 e. The van der Waals surface area contributed by atoms with Gasteiger partial charge in [-0.15, -0.1) is 0 Å². The van der Waals surface area contributed by atoms with Crippen molar-refractivity contribution in [2.45, 2.75) is 56.3 Å². The van der Waals surface area contributed by atoms with Crippen LogP contribution in [0.15, 0.2) is 33.6 Å². The van der Waals surface area contributed by atoms with E-state index in [1.807, 2.05) is 6.07 Å². The van der Waals surface area contributed by atoms with Crippen LogP contribution in [0.3, 0.4) is 0 Å². The Morgan fingerprint density at radius 3 is 2.74 bits per heavy atom. The van der Waals surface area contributed by atoms with Crippen LogP contribution in [0.4, 0.5) is 0 Å². The molecule has 3 atom stereocenters. The van der Waals surface area contributed by atoms with Gasteiger partial charge in [-0.1, -0.05) is 11.2 Å². The van der Waals surface area contributed by atoms with Gasteiger partial charge >= 0.3 is 11.7 Å². The molecule has 9 heteroatoms. The van der Waals surface area contributed by atoms with Gasteiger partial charge in [-0.2, -0.15) is 0 Å². The highest BCUT2D eigenvalue weighted by atomic mass is 16.5. The van der Waals surface area contributed by atoms with E-state index in [0.717, 1.165) is 23.7 Å². The monoisotopic (exact) mass is 427 g/mol. The van der Waals surface area contributed by atoms with Crippen LogP contribution in [-0.4, -0.2) is 51.2 Å². The van der Waals surface area contributed by atoms with Crippen molar-refractivity contribution >= 4 is 16.9 Å². The normalized spacial score (nSPS) is 27.5. The minimum absolute atomic E-state index is 0.114. The summed E-state index contributed by atoms with van der Waals surface area (Å²) in [6, 6.07) is 7.74. The molecule has 9 nitrogen and oxygen atoms in total. The van der Waals surface area contributed by atoms with Crippen LogP contribution in [0, 0.1) is 0 Å². The molecule has 1 saturated heterocycles. The fourth-order valence-electron chi connectivity index (χ4n) is 5.10. The van der Waals surface area contributed by atoms with Crippen molar-refractivity contribution in [3.05, 3.63) is 51.9 Å². The lowest BCUT2D eigenvalue weighted by molar-refractivity contribution is -0.0592. The zero-order valence-electron chi connectivity index (χ0n) is 17.7. The Morgan fingerprint density at radius 1 is 1.32 bits per heavy atom. The average molecular weight is 427 g/mol. The maximum Gasteiger partial charge on any atom is 0.438 e. The number of aromatic nitrogens is 3. The van der Waals surface area contributed by atoms with E-state index in [2.05, 4.69) is 36.1 Å². The molecule has 3 heterocycles. The summed E-state index contributed by atoms with van der Waals surface area (Å²) in [5.74, 6) is -1.14. The van der Waals surface area contributed by atoms with Crippen LogP contribution in [0.5, 0.6) is 0 Å². The van der Waals surface area contributed by atoms with Crippen molar-refractivity contribution in [1.82, 2.24) is 14.7 Å². The van der Waals surface area contributed by atoms with Crippen LogP contribution in [0.1, 0.15) is 60.9 Å². The fraction of sp³-hybridized carbons (Fsp3) is 0.500. The van der Waals surface area contributed by atoms with E-state index < -0.39 is 17.3 Å². The van der Waals surface area contributed by atoms with Crippen LogP contribution >= 0.6 is 0 Å². The minimum Gasteiger partial charge on any atom is -0.477 e. The smallest absolute Gasteiger partial charge is 0.438 e. The molecule has 1 aromatic carbocycles. The lowest BCUT2D eigenvalue weighted by Crippen LogP contribution is -2.33. The third kappa shape index (κ3) is 3.11. The molecule has 0 amide bonds. The predicted molar refractivity (Wildman–Crippen MR) is 111 cm³/mol. The van der Waals surface area contributed by atoms with Gasteiger partial charge in [-0.25, -0.2) is 9.59 Å². The molecule has 3 aromatic rings. The number of ether oxygens (including phenoxy) is 2. The van der Waals surface area contributed by atoms with Crippen molar-refractivity contribution in [2.75, 3.05) is 13.7 Å². The van der Waals surface area contributed by atoms with E-state index >= 15 is 0 Å². The van der Waals surface area contributed by atoms with Gasteiger partial charge in [0.25, 0.3) is 0 Å². The number of aromatic amines is 1. The van der Waals surface area contributed by atoms with Gasteiger partial charge in [0.15, 0.2) is 5.82 Å². The van der Waals surface area contributed by atoms with Crippen molar-refractivity contribution in [3.63, 3.8) is 0 Å². The predicted octanol–water partition coefficient (Wildman–Crippen LogP) is 2.85. The molecule has 164 valence electrons. The summed E-state index contributed by atoms with van der Waals surface area (Å²) < 4.78 is 17.8. The Kier molecular flexibility index (Phi) is 4.39. The number of carboxylic acid groups (broad SMARTS) is 1. The molecule has 2 N–H and O–H groups in total. The molecule has 31 heavy (non-hydrogen) atoms. The molecule has 0 bridgehead atoms. The first-order chi connectivity index (χ1) is 14.7. The number of carboxylic acids is 1. The SMILES string of the molecule is COC1CC1(c1noc(=O)[nH]1)n1c(C(=O)O)cc2cc([C@H]3CCOC(C)(C)C3)ccc21. The molecule has 1 aliphatic heterocycles. The van der Waals surface area contributed by atoms with Crippen molar-refractivity contribution < 1.29 is 23.9 Å². The van der Waals surface area contributed by atoms with Crippen molar-refractivity contribution in [1.29, 1.82) is 0 Å². The summed E-state index contributed by atoms with van der Waals surface area (Å²) in [5.41, 5.74) is 0.914. The summed E-state index contributed by atoms with van der Waals surface area (Å²) in [6.07, 6.45) is 1.97. The Bertz CT molecular complexity index is 1220. The number of H-pyrrole nitrogens is 1. The summed E-state index contributed by atoms with van der Waals surface area (Å²) in [7, 11) is 1.56. The van der Waals surface area contributed by atoms with Crippen molar-refractivity contribution in [2.24, 2.45) is 0 Å². The first kappa shape index (κ1) is 20.0. The molecule has 2 aliphatic rings. The number of aromatic carboxylic acids is 1. The Balaban J connectivity index is 1.65. The zero-order valence-corrected chi connectivity index (χ0v) is 17.7. The Hall–Kier alpha value is -2.91. The van der Waals surface area contributed by atoms with Crippen LogP contribution < -0.4 is 5.76 Å². The van der Waals surface area contributed by atoms with E-state index in [1.54, 1.807) is 17.7 Å². The molecular weight excluding hydrogens is 402 g/mol. The molecule has 0 spiro atoms. The van der Waals surface area contributed by atoms with E-state index in [-0.39, 0.29) is 23.2 Å². The summed E-state index contributed by atoms with van der Waals surface area (Å²) in [5, 5.41) is 14.7. The van der Waals surface area contributed by atoms with Gasteiger partial charge in [-0.05, 0) is 56.4 Å². The first-order valence-electron chi connectivity index (χ1n) is 10.4. The highest BCUT2D eigenvalue weighted by molar-refractivity contribution is 5.95. The highest BCUT2D eigenvalue weighted by Gasteiger charge is 2.62. The van der Waals surface area contributed by atoms with E-state index in [0.29, 0.717) is 18.9 Å². The van der Waals surface area contributed by atoms with Gasteiger partial charge in [0, 0.05) is 31.0 Å². The second kappa shape index (κ2) is 6.80. The maximum atomic E-state index is 12.2. The number of methoxy groups -OCH3 is 1. The molecule has 1 aliphatic carbocycles. The van der Waals surface area contributed by atoms with Gasteiger partial charge in [-0.3, -0.25) is 9.51 Å². The number of hydrogen-bond donors (Lipinski definition) is 2. The number of carbonyl (C=O) groups is 1. The van der Waals surface area contributed by atoms with Gasteiger partial charge in [0.2, 0.25) is 0 Å². The first-order valence-corrected chi connectivity index (χ1v) is 10.4. The minimum atomic E-state index is -1.06. The van der Waals surface area contributed by atoms with Crippen LogP contribution in [-0.2, 0) is 15.0 Å². The third-order valence-electron chi connectivity index (χ3n) is 6.62. The van der Waals surface area contributed by atoms with Crippen molar-refractivity contribution in [3.8, 4) is 0 Å². The lowest BCUT2D eigenvalue weighted by Gasteiger charge is -2.35. The van der Waals surface area contributed by atoms with Crippen LogP contribution in [0.2, 0.25) is 0 Å². The van der Waals surface area contributed by atoms with Gasteiger partial charge in [0.1, 0.15) is 11.2 Å². The maximum absolute atomic E-state index is 12.2. The lowest BCUT2D eigenvalue weighted by atomic mass is 9.83. The molecule has 2 fully saturated rings. The summed E-state index contributed by atoms with van der Waals surface area (Å²) in [6.45, 7) is 4.89. The number of nitrogens with zero attached hydrogens (tertiary/aromatic N) is 2. The molecule has 0 radical (unpaired) electrons. The quantitative estimate of drug-likeness (QED) is 0.642.